The fourth-order valence-corrected chi connectivity index (χ4v) is 8.35. The van der Waals surface area contributed by atoms with Crippen LogP contribution in [0.25, 0.3) is 76.9 Å². The molecule has 9 aromatic rings. The van der Waals surface area contributed by atoms with Crippen molar-refractivity contribution in [2.75, 3.05) is 0 Å². The summed E-state index contributed by atoms with van der Waals surface area (Å²) in [4.78, 5) is 0. The zero-order valence-corrected chi connectivity index (χ0v) is 25.3. The molecule has 7 aromatic carbocycles. The van der Waals surface area contributed by atoms with Gasteiger partial charge in [0.1, 0.15) is 0 Å². The van der Waals surface area contributed by atoms with E-state index >= 15 is 0 Å². The summed E-state index contributed by atoms with van der Waals surface area (Å²) < 4.78 is 5.01. The predicted octanol–water partition coefficient (Wildman–Crippen LogP) is 11.3. The summed E-state index contributed by atoms with van der Waals surface area (Å²) in [7, 11) is 0. The van der Waals surface area contributed by atoms with Crippen molar-refractivity contribution in [1.82, 2.24) is 9.13 Å². The Labute approximate surface area is 261 Å². The molecule has 10 rings (SSSR count). The lowest BCUT2D eigenvalue weighted by Crippen LogP contribution is -2.14. The van der Waals surface area contributed by atoms with Crippen LogP contribution in [0.4, 0.5) is 0 Å². The predicted molar refractivity (Wildman–Crippen MR) is 190 cm³/mol. The van der Waals surface area contributed by atoms with Crippen LogP contribution in [0.5, 0.6) is 0 Å². The van der Waals surface area contributed by atoms with Gasteiger partial charge >= 0.3 is 0 Å². The zero-order valence-electron chi connectivity index (χ0n) is 25.3. The summed E-state index contributed by atoms with van der Waals surface area (Å²) >= 11 is 0. The number of fused-ring (bicyclic) bond motifs is 12. The first-order chi connectivity index (χ1) is 22.1. The van der Waals surface area contributed by atoms with Crippen LogP contribution < -0.4 is 0 Å². The lowest BCUT2D eigenvalue weighted by Gasteiger charge is -2.21. The minimum atomic E-state index is -0.0608. The summed E-state index contributed by atoms with van der Waals surface area (Å²) in [6.45, 7) is 4.72. The molecule has 0 bridgehead atoms. The maximum atomic E-state index is 2.52. The van der Waals surface area contributed by atoms with E-state index in [4.69, 9.17) is 0 Å². The summed E-state index contributed by atoms with van der Waals surface area (Å²) in [5.74, 6) is 0. The maximum absolute atomic E-state index is 2.52. The second-order valence-electron chi connectivity index (χ2n) is 12.9. The topological polar surface area (TPSA) is 9.86 Å². The molecule has 2 heterocycles. The molecule has 0 aliphatic heterocycles. The van der Waals surface area contributed by atoms with E-state index in [1.54, 1.807) is 0 Å². The molecule has 0 N–H and O–H groups in total. The quantitative estimate of drug-likeness (QED) is 0.194. The third kappa shape index (κ3) is 3.13. The molecular weight excluding hydrogens is 544 g/mol. The van der Waals surface area contributed by atoms with Gasteiger partial charge in [0.2, 0.25) is 0 Å². The highest BCUT2D eigenvalue weighted by atomic mass is 15.0. The minimum absolute atomic E-state index is 0.0608. The standard InChI is InChI=1S/C43H30N2/c1-43(2)33-19-10-8-17-30(33)40-34(43)20-12-22-36(40)45-35-21-11-9-18-31(35)41-38(45)26-24-32-39-29-16-7-6-13-27(29)23-25-37(39)44(42(32)41)28-14-4-3-5-15-28/h3-26H,1-2H3. The van der Waals surface area contributed by atoms with Crippen LogP contribution in [-0.4, -0.2) is 9.13 Å². The molecule has 0 radical (unpaired) electrons. The molecule has 0 saturated carbocycles. The van der Waals surface area contributed by atoms with Crippen molar-refractivity contribution in [3.63, 3.8) is 0 Å². The van der Waals surface area contributed by atoms with E-state index in [9.17, 15) is 0 Å². The molecule has 45 heavy (non-hydrogen) atoms. The molecule has 1 aliphatic rings. The van der Waals surface area contributed by atoms with Gasteiger partial charge < -0.3 is 9.13 Å². The smallest absolute Gasteiger partial charge is 0.0641 e. The molecule has 2 aromatic heterocycles. The lowest BCUT2D eigenvalue weighted by atomic mass is 9.82. The Bertz CT molecular complexity index is 2670. The highest BCUT2D eigenvalue weighted by molar-refractivity contribution is 6.30. The Morgan fingerprint density at radius 1 is 0.444 bits per heavy atom. The molecular formula is C43H30N2. The van der Waals surface area contributed by atoms with Crippen LogP contribution in [-0.2, 0) is 5.41 Å². The first kappa shape index (κ1) is 24.8. The Balaban J connectivity index is 1.43. The number of aromatic nitrogens is 2. The molecule has 0 unspecified atom stereocenters. The lowest BCUT2D eigenvalue weighted by molar-refractivity contribution is 0.660. The van der Waals surface area contributed by atoms with Gasteiger partial charge in [0, 0.05) is 38.2 Å². The van der Waals surface area contributed by atoms with Crippen molar-refractivity contribution >= 4 is 54.4 Å². The summed E-state index contributed by atoms with van der Waals surface area (Å²) in [5, 5.41) is 7.70. The molecule has 1 aliphatic carbocycles. The first-order valence-electron chi connectivity index (χ1n) is 15.8. The molecule has 212 valence electrons. The molecule has 0 spiro atoms. The largest absolute Gasteiger partial charge is 0.309 e. The van der Waals surface area contributed by atoms with E-state index in [1.165, 1.54) is 88.0 Å². The average molecular weight is 575 g/mol. The van der Waals surface area contributed by atoms with Crippen LogP contribution >= 0.6 is 0 Å². The maximum Gasteiger partial charge on any atom is 0.0641 e. The molecule has 0 saturated heterocycles. The molecule has 0 atom stereocenters. The summed E-state index contributed by atoms with van der Waals surface area (Å²) in [5.41, 5.74) is 12.8. The Morgan fingerprint density at radius 3 is 2.02 bits per heavy atom. The van der Waals surface area contributed by atoms with E-state index in [-0.39, 0.29) is 5.41 Å². The van der Waals surface area contributed by atoms with Crippen LogP contribution in [0.3, 0.4) is 0 Å². The third-order valence-electron chi connectivity index (χ3n) is 10.3. The van der Waals surface area contributed by atoms with Crippen molar-refractivity contribution in [3.8, 4) is 22.5 Å². The zero-order chi connectivity index (χ0) is 29.9. The second kappa shape index (κ2) is 8.74. The molecule has 2 nitrogen and oxygen atoms in total. The summed E-state index contributed by atoms with van der Waals surface area (Å²) in [6.07, 6.45) is 0. The van der Waals surface area contributed by atoms with Gasteiger partial charge in [-0.15, -0.1) is 0 Å². The Kier molecular flexibility index (Phi) is 4.82. The fourth-order valence-electron chi connectivity index (χ4n) is 8.35. The van der Waals surface area contributed by atoms with Gasteiger partial charge in [0.15, 0.2) is 0 Å². The van der Waals surface area contributed by atoms with E-state index in [2.05, 4.69) is 169 Å². The normalized spacial score (nSPS) is 13.7. The summed E-state index contributed by atoms with van der Waals surface area (Å²) in [6, 6.07) is 53.7. The second-order valence-corrected chi connectivity index (χ2v) is 12.9. The monoisotopic (exact) mass is 574 g/mol. The highest BCUT2D eigenvalue weighted by Gasteiger charge is 2.37. The number of nitrogens with zero attached hydrogens (tertiary/aromatic N) is 2. The van der Waals surface area contributed by atoms with Crippen LogP contribution in [0, 0.1) is 0 Å². The average Bonchev–Trinajstić information content (AvgIpc) is 3.69. The van der Waals surface area contributed by atoms with Gasteiger partial charge in [0.25, 0.3) is 0 Å². The van der Waals surface area contributed by atoms with Crippen LogP contribution in [0.2, 0.25) is 0 Å². The van der Waals surface area contributed by atoms with E-state index in [0.717, 1.165) is 0 Å². The number of rotatable bonds is 2. The number of hydrogen-bond donors (Lipinski definition) is 0. The molecule has 2 heteroatoms. The van der Waals surface area contributed by atoms with Crippen LogP contribution in [0.1, 0.15) is 25.0 Å². The first-order valence-corrected chi connectivity index (χ1v) is 15.8. The van der Waals surface area contributed by atoms with Gasteiger partial charge in [-0.1, -0.05) is 123 Å². The van der Waals surface area contributed by atoms with Gasteiger partial charge in [-0.25, -0.2) is 0 Å². The third-order valence-corrected chi connectivity index (χ3v) is 10.3. The van der Waals surface area contributed by atoms with Crippen molar-refractivity contribution in [2.45, 2.75) is 19.3 Å². The van der Waals surface area contributed by atoms with Gasteiger partial charge in [0.05, 0.1) is 27.8 Å². The minimum Gasteiger partial charge on any atom is -0.309 e. The van der Waals surface area contributed by atoms with E-state index in [1.807, 2.05) is 0 Å². The van der Waals surface area contributed by atoms with Crippen molar-refractivity contribution < 1.29 is 0 Å². The van der Waals surface area contributed by atoms with Gasteiger partial charge in [-0.05, 0) is 63.9 Å². The van der Waals surface area contributed by atoms with Crippen molar-refractivity contribution in [3.05, 3.63) is 157 Å². The van der Waals surface area contributed by atoms with Crippen molar-refractivity contribution in [1.29, 1.82) is 0 Å². The number of hydrogen-bond acceptors (Lipinski definition) is 0. The van der Waals surface area contributed by atoms with E-state index in [0.29, 0.717) is 0 Å². The highest BCUT2D eigenvalue weighted by Crippen LogP contribution is 2.52. The Morgan fingerprint density at radius 2 is 1.13 bits per heavy atom. The van der Waals surface area contributed by atoms with Gasteiger partial charge in [-0.2, -0.15) is 0 Å². The van der Waals surface area contributed by atoms with Crippen molar-refractivity contribution in [2.24, 2.45) is 0 Å². The SMILES string of the molecule is CC1(C)c2ccccc2-c2c(-n3c4ccccc4c4c3ccc3c5c6ccccc6ccc5n(-c5ccccc5)c34)cccc21. The Hall–Kier alpha value is -5.60. The van der Waals surface area contributed by atoms with Crippen LogP contribution in [0.15, 0.2) is 146 Å². The number of benzene rings is 7. The number of para-hydroxylation sites is 2. The molecule has 0 amide bonds. The fraction of sp³-hybridized carbons (Fsp3) is 0.0698. The van der Waals surface area contributed by atoms with Gasteiger partial charge in [-0.3, -0.25) is 0 Å². The molecule has 0 fully saturated rings. The van der Waals surface area contributed by atoms with E-state index < -0.39 is 0 Å².